The Kier molecular flexibility index (Phi) is 11.4. The highest BCUT2D eigenvalue weighted by atomic mass is 16.5. The molecule has 22 heavy (non-hydrogen) atoms. The molecule has 0 bridgehead atoms. The maximum atomic E-state index is 11.5. The van der Waals surface area contributed by atoms with Crippen LogP contribution in [0.5, 0.6) is 0 Å². The van der Waals surface area contributed by atoms with Crippen LogP contribution in [0, 0.1) is 5.92 Å². The van der Waals surface area contributed by atoms with Crippen LogP contribution in [0.15, 0.2) is 36.5 Å². The molecule has 124 valence electrons. The zero-order chi connectivity index (χ0) is 15.9. The smallest absolute Gasteiger partial charge is 0.309 e. The highest BCUT2D eigenvalue weighted by molar-refractivity contribution is 5.71. The number of esters is 1. The Morgan fingerprint density at radius 3 is 2.45 bits per heavy atom. The van der Waals surface area contributed by atoms with Gasteiger partial charge in [-0.2, -0.15) is 0 Å². The van der Waals surface area contributed by atoms with Crippen LogP contribution in [-0.2, 0) is 9.53 Å². The van der Waals surface area contributed by atoms with Crippen molar-refractivity contribution in [3.05, 3.63) is 36.5 Å². The minimum absolute atomic E-state index is 0.137. The van der Waals surface area contributed by atoms with Crippen LogP contribution in [-0.4, -0.2) is 12.6 Å². The topological polar surface area (TPSA) is 26.3 Å². The Hall–Kier alpha value is -1.31. The van der Waals surface area contributed by atoms with Crippen molar-refractivity contribution in [2.24, 2.45) is 5.92 Å². The average molecular weight is 304 g/mol. The number of hydrogen-bond acceptors (Lipinski definition) is 2. The van der Waals surface area contributed by atoms with Crippen molar-refractivity contribution >= 4 is 5.97 Å². The lowest BCUT2D eigenvalue weighted by molar-refractivity contribution is -0.141. The van der Waals surface area contributed by atoms with Crippen molar-refractivity contribution in [1.82, 2.24) is 0 Å². The second kappa shape index (κ2) is 13.4. The number of carbonyl (C=O) groups is 1. The van der Waals surface area contributed by atoms with Gasteiger partial charge >= 0.3 is 5.97 Å². The van der Waals surface area contributed by atoms with E-state index >= 15 is 0 Å². The van der Waals surface area contributed by atoms with E-state index in [0.717, 1.165) is 25.2 Å². The minimum Gasteiger partial charge on any atom is -0.461 e. The molecular formula is C20H32O2. The fourth-order valence-electron chi connectivity index (χ4n) is 2.64. The number of ether oxygens (including phenoxy) is 1. The molecule has 1 aliphatic heterocycles. The lowest BCUT2D eigenvalue weighted by atomic mass is 9.93. The predicted octanol–water partition coefficient (Wildman–Crippen LogP) is 5.75. The first kappa shape index (κ1) is 18.7. The Bertz CT molecular complexity index is 366. The maximum absolute atomic E-state index is 11.5. The molecule has 0 aliphatic carbocycles. The molecule has 0 fully saturated rings. The van der Waals surface area contributed by atoms with Crippen molar-refractivity contribution in [2.75, 3.05) is 6.61 Å². The lowest BCUT2D eigenvalue weighted by Gasteiger charge is -2.12. The number of unbranched alkanes of at least 4 members (excludes halogenated alkanes) is 3. The minimum atomic E-state index is -0.137. The van der Waals surface area contributed by atoms with Crippen LogP contribution >= 0.6 is 0 Å². The van der Waals surface area contributed by atoms with Crippen LogP contribution in [0.2, 0.25) is 0 Å². The Morgan fingerprint density at radius 1 is 0.955 bits per heavy atom. The molecular weight excluding hydrogens is 272 g/mol. The van der Waals surface area contributed by atoms with Crippen LogP contribution < -0.4 is 0 Å². The molecule has 0 saturated heterocycles. The van der Waals surface area contributed by atoms with E-state index in [1.54, 1.807) is 0 Å². The molecule has 0 aromatic carbocycles. The van der Waals surface area contributed by atoms with Crippen molar-refractivity contribution in [3.63, 3.8) is 0 Å². The van der Waals surface area contributed by atoms with Gasteiger partial charge in [0.15, 0.2) is 0 Å². The Balaban J connectivity index is 2.44. The zero-order valence-electron chi connectivity index (χ0n) is 14.1. The van der Waals surface area contributed by atoms with E-state index in [4.69, 9.17) is 4.74 Å². The van der Waals surface area contributed by atoms with Crippen LogP contribution in [0.1, 0.15) is 71.1 Å². The average Bonchev–Trinajstić information content (AvgIpc) is 2.52. The molecule has 0 spiro atoms. The molecule has 2 heteroatoms. The highest BCUT2D eigenvalue weighted by Crippen LogP contribution is 2.19. The van der Waals surface area contributed by atoms with Crippen molar-refractivity contribution in [1.29, 1.82) is 0 Å². The molecule has 2 nitrogen and oxygen atoms in total. The molecule has 1 unspecified atom stereocenters. The molecule has 1 heterocycles. The third-order valence-corrected chi connectivity index (χ3v) is 4.03. The Morgan fingerprint density at radius 2 is 1.68 bits per heavy atom. The van der Waals surface area contributed by atoms with Crippen LogP contribution in [0.25, 0.3) is 0 Å². The molecule has 0 amide bonds. The number of carbonyl (C=O) groups excluding carboxylic acids is 1. The summed E-state index contributed by atoms with van der Waals surface area (Å²) < 4.78 is 5.17. The number of rotatable bonds is 5. The summed E-state index contributed by atoms with van der Waals surface area (Å²) in [5, 5.41) is 0. The molecule has 1 atom stereocenters. The summed E-state index contributed by atoms with van der Waals surface area (Å²) in [4.78, 5) is 11.5. The first-order valence-electron chi connectivity index (χ1n) is 8.93. The van der Waals surface area contributed by atoms with E-state index < -0.39 is 0 Å². The number of hydrogen-bond donors (Lipinski definition) is 0. The van der Waals surface area contributed by atoms with Gasteiger partial charge in [0.05, 0.1) is 6.42 Å². The van der Waals surface area contributed by atoms with Gasteiger partial charge in [0, 0.05) is 0 Å². The lowest BCUT2D eigenvalue weighted by Crippen LogP contribution is -2.03. The first-order chi connectivity index (χ1) is 10.8. The molecule has 0 aromatic rings. The maximum Gasteiger partial charge on any atom is 0.309 e. The molecule has 0 radical (unpaired) electrons. The van der Waals surface area contributed by atoms with E-state index in [1.807, 2.05) is 12.2 Å². The van der Waals surface area contributed by atoms with E-state index in [0.29, 0.717) is 13.0 Å². The summed E-state index contributed by atoms with van der Waals surface area (Å²) in [6.07, 6.45) is 24.1. The summed E-state index contributed by atoms with van der Waals surface area (Å²) in [5.74, 6) is 0.586. The van der Waals surface area contributed by atoms with Crippen molar-refractivity contribution in [3.8, 4) is 0 Å². The van der Waals surface area contributed by atoms with Gasteiger partial charge < -0.3 is 4.74 Å². The second-order valence-electron chi connectivity index (χ2n) is 6.07. The summed E-state index contributed by atoms with van der Waals surface area (Å²) in [5.41, 5.74) is 0. The predicted molar refractivity (Wildman–Crippen MR) is 93.7 cm³/mol. The standard InChI is InChI=1S/C20H32O2/c1-2-3-4-9-14-19-15-10-7-5-6-8-11-17-20(21)22-18-13-12-16-19/h7-8,10-13,19H,2-6,9,14-18H2,1H3/b10-7-,11-8-,13-12-. The largest absolute Gasteiger partial charge is 0.461 e. The molecule has 0 N–H and O–H groups in total. The van der Waals surface area contributed by atoms with E-state index in [1.165, 1.54) is 38.5 Å². The molecule has 0 saturated carbocycles. The summed E-state index contributed by atoms with van der Waals surface area (Å²) in [7, 11) is 0. The normalized spacial score (nSPS) is 25.5. The quantitative estimate of drug-likeness (QED) is 0.367. The number of allylic oxidation sites excluding steroid dienone is 4. The van der Waals surface area contributed by atoms with Gasteiger partial charge in [0.2, 0.25) is 0 Å². The van der Waals surface area contributed by atoms with Crippen molar-refractivity contribution < 1.29 is 9.53 Å². The van der Waals surface area contributed by atoms with E-state index in [-0.39, 0.29) is 5.97 Å². The van der Waals surface area contributed by atoms with E-state index in [2.05, 4.69) is 31.2 Å². The highest BCUT2D eigenvalue weighted by Gasteiger charge is 2.05. The van der Waals surface area contributed by atoms with Gasteiger partial charge in [-0.3, -0.25) is 4.79 Å². The van der Waals surface area contributed by atoms with Gasteiger partial charge in [0.1, 0.15) is 6.61 Å². The monoisotopic (exact) mass is 304 g/mol. The van der Waals surface area contributed by atoms with Gasteiger partial charge in [-0.25, -0.2) is 0 Å². The van der Waals surface area contributed by atoms with Crippen molar-refractivity contribution in [2.45, 2.75) is 71.1 Å². The fourth-order valence-corrected chi connectivity index (χ4v) is 2.64. The second-order valence-corrected chi connectivity index (χ2v) is 6.07. The molecule has 1 aliphatic rings. The first-order valence-corrected chi connectivity index (χ1v) is 8.93. The van der Waals surface area contributed by atoms with Gasteiger partial charge in [-0.05, 0) is 38.0 Å². The third-order valence-electron chi connectivity index (χ3n) is 4.03. The third kappa shape index (κ3) is 10.4. The SMILES string of the molecule is CCCCCCC1C/C=C\CC/C=C\CC(=O)OC/C=C\C1. The van der Waals surface area contributed by atoms with Crippen LogP contribution in [0.3, 0.4) is 0 Å². The van der Waals surface area contributed by atoms with E-state index in [9.17, 15) is 4.79 Å². The van der Waals surface area contributed by atoms with Gasteiger partial charge in [-0.15, -0.1) is 0 Å². The summed E-state index contributed by atoms with van der Waals surface area (Å²) in [6.45, 7) is 2.66. The van der Waals surface area contributed by atoms with Gasteiger partial charge in [0.25, 0.3) is 0 Å². The molecule has 0 aromatic heterocycles. The van der Waals surface area contributed by atoms with Crippen LogP contribution in [0.4, 0.5) is 0 Å². The summed E-state index contributed by atoms with van der Waals surface area (Å²) in [6, 6.07) is 0. The van der Waals surface area contributed by atoms with Gasteiger partial charge in [-0.1, -0.05) is 69.1 Å². The Labute approximate surface area is 136 Å². The summed E-state index contributed by atoms with van der Waals surface area (Å²) >= 11 is 0. The fraction of sp³-hybridized carbons (Fsp3) is 0.650. The molecule has 1 rings (SSSR count). The number of cyclic esters (lactones) is 1. The zero-order valence-corrected chi connectivity index (χ0v) is 14.1.